The van der Waals surface area contributed by atoms with Gasteiger partial charge in [-0.3, -0.25) is 9.59 Å². The van der Waals surface area contributed by atoms with Crippen LogP contribution in [0.5, 0.6) is 17.2 Å². The van der Waals surface area contributed by atoms with Crippen LogP contribution in [-0.4, -0.2) is 49.2 Å². The third-order valence-corrected chi connectivity index (χ3v) is 5.33. The molecule has 0 aliphatic heterocycles. The summed E-state index contributed by atoms with van der Waals surface area (Å²) < 4.78 is 34.9. The first kappa shape index (κ1) is 27.6. The van der Waals surface area contributed by atoms with Crippen molar-refractivity contribution in [3.8, 4) is 17.2 Å². The number of nitrogens with one attached hydrogen (secondary N) is 1. The first-order valence-electron chi connectivity index (χ1n) is 11.1. The molecular weight excluding hydrogens is 459 g/mol. The number of halogens is 1. The number of rotatable bonds is 10. The molecule has 2 rings (SSSR count). The van der Waals surface area contributed by atoms with E-state index in [0.717, 1.165) is 0 Å². The number of methoxy groups -OCH3 is 2. The molecule has 0 saturated heterocycles. The van der Waals surface area contributed by atoms with E-state index in [1.165, 1.54) is 52.5 Å². The normalized spacial score (nSPS) is 13.4. The molecule has 0 spiro atoms. The Morgan fingerprint density at radius 3 is 2.23 bits per heavy atom. The SMILES string of the molecule is COc1cc(F)ccc1[C@@H](C(C)C)[C@H](C)OC(=O)[C@H](C)NC(=O)c1nccc(OC)c1OC(C)=O. The highest BCUT2D eigenvalue weighted by molar-refractivity contribution is 5.98. The Balaban J connectivity index is 2.19. The summed E-state index contributed by atoms with van der Waals surface area (Å²) in [6, 6.07) is 4.60. The predicted molar refractivity (Wildman–Crippen MR) is 125 cm³/mol. The Morgan fingerprint density at radius 1 is 1.00 bits per heavy atom. The fourth-order valence-corrected chi connectivity index (χ4v) is 3.79. The lowest BCUT2D eigenvalue weighted by atomic mass is 9.84. The molecule has 35 heavy (non-hydrogen) atoms. The number of benzene rings is 1. The van der Waals surface area contributed by atoms with Gasteiger partial charge in [-0.05, 0) is 25.8 Å². The van der Waals surface area contributed by atoms with Gasteiger partial charge in [-0.15, -0.1) is 0 Å². The number of esters is 2. The summed E-state index contributed by atoms with van der Waals surface area (Å²) in [5, 5.41) is 2.51. The number of pyridine rings is 1. The van der Waals surface area contributed by atoms with Gasteiger partial charge in [0.05, 0.1) is 14.2 Å². The molecule has 0 aliphatic carbocycles. The Bertz CT molecular complexity index is 1070. The highest BCUT2D eigenvalue weighted by atomic mass is 19.1. The van der Waals surface area contributed by atoms with Crippen LogP contribution in [0.25, 0.3) is 0 Å². The van der Waals surface area contributed by atoms with E-state index < -0.39 is 35.8 Å². The van der Waals surface area contributed by atoms with Gasteiger partial charge in [0.2, 0.25) is 5.75 Å². The zero-order chi connectivity index (χ0) is 26.3. The number of amides is 1. The third-order valence-electron chi connectivity index (χ3n) is 5.33. The summed E-state index contributed by atoms with van der Waals surface area (Å²) in [5.41, 5.74) is 0.482. The summed E-state index contributed by atoms with van der Waals surface area (Å²) in [6.45, 7) is 8.27. The number of carbonyl (C=O) groups is 3. The minimum absolute atomic E-state index is 0.0225. The van der Waals surface area contributed by atoms with Crippen molar-refractivity contribution in [1.82, 2.24) is 10.3 Å². The van der Waals surface area contributed by atoms with Crippen LogP contribution < -0.4 is 19.5 Å². The minimum Gasteiger partial charge on any atom is -0.496 e. The first-order chi connectivity index (χ1) is 16.5. The molecule has 1 aromatic heterocycles. The van der Waals surface area contributed by atoms with Gasteiger partial charge < -0.3 is 24.3 Å². The topological polar surface area (TPSA) is 113 Å². The number of nitrogens with zero attached hydrogens (tertiary/aromatic N) is 1. The summed E-state index contributed by atoms with van der Waals surface area (Å²) in [4.78, 5) is 41.1. The van der Waals surface area contributed by atoms with Gasteiger partial charge >= 0.3 is 11.9 Å². The number of hydrogen-bond donors (Lipinski definition) is 1. The monoisotopic (exact) mass is 490 g/mol. The van der Waals surface area contributed by atoms with E-state index in [2.05, 4.69) is 10.3 Å². The van der Waals surface area contributed by atoms with E-state index in [-0.39, 0.29) is 29.0 Å². The summed E-state index contributed by atoms with van der Waals surface area (Å²) in [5.74, 6) is -2.48. The van der Waals surface area contributed by atoms with Crippen molar-refractivity contribution in [2.24, 2.45) is 5.92 Å². The highest BCUT2D eigenvalue weighted by Crippen LogP contribution is 2.36. The molecule has 1 amide bonds. The molecule has 1 N–H and O–H groups in total. The molecular formula is C25H31FN2O7. The molecule has 3 atom stereocenters. The Morgan fingerprint density at radius 2 is 1.66 bits per heavy atom. The molecule has 2 aromatic rings. The Hall–Kier alpha value is -3.69. The second kappa shape index (κ2) is 12.1. The lowest BCUT2D eigenvalue weighted by Crippen LogP contribution is -2.42. The molecule has 1 aromatic carbocycles. The Kier molecular flexibility index (Phi) is 9.56. The molecule has 0 saturated carbocycles. The average Bonchev–Trinajstić information content (AvgIpc) is 2.79. The van der Waals surface area contributed by atoms with E-state index in [1.54, 1.807) is 13.0 Å². The second-order valence-corrected chi connectivity index (χ2v) is 8.28. The number of carbonyl (C=O) groups excluding carboxylic acids is 3. The molecule has 9 nitrogen and oxygen atoms in total. The van der Waals surface area contributed by atoms with E-state index in [1.807, 2.05) is 13.8 Å². The predicted octanol–water partition coefficient (Wildman–Crippen LogP) is 3.65. The van der Waals surface area contributed by atoms with Gasteiger partial charge in [-0.1, -0.05) is 19.9 Å². The van der Waals surface area contributed by atoms with Crippen molar-refractivity contribution >= 4 is 17.8 Å². The Labute approximate surface area is 203 Å². The fraction of sp³-hybridized carbons (Fsp3) is 0.440. The summed E-state index contributed by atoms with van der Waals surface area (Å²) in [7, 11) is 2.80. The van der Waals surface area contributed by atoms with Gasteiger partial charge in [-0.25, -0.2) is 14.2 Å². The van der Waals surface area contributed by atoms with Crippen molar-refractivity contribution in [2.45, 2.75) is 52.7 Å². The maximum absolute atomic E-state index is 13.7. The second-order valence-electron chi connectivity index (χ2n) is 8.28. The van der Waals surface area contributed by atoms with E-state index >= 15 is 0 Å². The average molecular weight is 491 g/mol. The number of hydrogen-bond acceptors (Lipinski definition) is 8. The number of aromatic nitrogens is 1. The fourth-order valence-electron chi connectivity index (χ4n) is 3.79. The van der Waals surface area contributed by atoms with Crippen LogP contribution in [0.15, 0.2) is 30.5 Å². The summed E-state index contributed by atoms with van der Waals surface area (Å²) in [6.07, 6.45) is 0.697. The molecule has 0 unspecified atom stereocenters. The lowest BCUT2D eigenvalue weighted by molar-refractivity contribution is -0.151. The highest BCUT2D eigenvalue weighted by Gasteiger charge is 2.31. The van der Waals surface area contributed by atoms with Crippen molar-refractivity contribution in [3.63, 3.8) is 0 Å². The van der Waals surface area contributed by atoms with Crippen molar-refractivity contribution in [2.75, 3.05) is 14.2 Å². The van der Waals surface area contributed by atoms with Gasteiger partial charge in [0.25, 0.3) is 5.91 Å². The van der Waals surface area contributed by atoms with Crippen LogP contribution in [0.2, 0.25) is 0 Å². The molecule has 0 bridgehead atoms. The van der Waals surface area contributed by atoms with Gasteiger partial charge in [0.15, 0.2) is 11.4 Å². The van der Waals surface area contributed by atoms with Crippen LogP contribution in [0.4, 0.5) is 4.39 Å². The van der Waals surface area contributed by atoms with Crippen molar-refractivity contribution in [1.29, 1.82) is 0 Å². The zero-order valence-corrected chi connectivity index (χ0v) is 20.9. The molecule has 10 heteroatoms. The van der Waals surface area contributed by atoms with E-state index in [4.69, 9.17) is 18.9 Å². The summed E-state index contributed by atoms with van der Waals surface area (Å²) >= 11 is 0. The van der Waals surface area contributed by atoms with Gasteiger partial charge in [0, 0.05) is 36.7 Å². The number of ether oxygens (including phenoxy) is 4. The van der Waals surface area contributed by atoms with Crippen molar-refractivity contribution in [3.05, 3.63) is 47.5 Å². The molecule has 0 aliphatic rings. The zero-order valence-electron chi connectivity index (χ0n) is 20.9. The molecule has 0 radical (unpaired) electrons. The minimum atomic E-state index is -1.05. The quantitative estimate of drug-likeness (QED) is 0.502. The maximum Gasteiger partial charge on any atom is 0.328 e. The van der Waals surface area contributed by atoms with Crippen LogP contribution in [0.1, 0.15) is 56.6 Å². The molecule has 1 heterocycles. The standard InChI is InChI=1S/C25H31FN2O7/c1-13(2)21(18-9-8-17(26)12-20(18)33-7)15(4)34-25(31)14(3)28-24(30)22-23(35-16(5)29)19(32-6)10-11-27-22/h8-15,21H,1-7H3,(H,28,30)/t14-,15-,21-/m0/s1. The first-order valence-corrected chi connectivity index (χ1v) is 11.1. The third kappa shape index (κ3) is 6.91. The molecule has 0 fully saturated rings. The molecule has 190 valence electrons. The van der Waals surface area contributed by atoms with Crippen LogP contribution in [0, 0.1) is 11.7 Å². The van der Waals surface area contributed by atoms with E-state index in [0.29, 0.717) is 11.3 Å². The van der Waals surface area contributed by atoms with Crippen molar-refractivity contribution < 1.29 is 37.7 Å². The van der Waals surface area contributed by atoms with E-state index in [9.17, 15) is 18.8 Å². The maximum atomic E-state index is 13.7. The van der Waals surface area contributed by atoms with Gasteiger partial charge in [-0.2, -0.15) is 0 Å². The van der Waals surface area contributed by atoms with Crippen LogP contribution in [0.3, 0.4) is 0 Å². The van der Waals surface area contributed by atoms with Crippen LogP contribution >= 0.6 is 0 Å². The van der Waals surface area contributed by atoms with Gasteiger partial charge in [0.1, 0.15) is 23.7 Å². The largest absolute Gasteiger partial charge is 0.496 e. The van der Waals surface area contributed by atoms with Crippen LogP contribution in [-0.2, 0) is 14.3 Å². The smallest absolute Gasteiger partial charge is 0.328 e. The lowest BCUT2D eigenvalue weighted by Gasteiger charge is -2.30.